The van der Waals surface area contributed by atoms with Gasteiger partial charge in [0.15, 0.2) is 0 Å². The lowest BCUT2D eigenvalue weighted by atomic mass is 9.38. The van der Waals surface area contributed by atoms with Gasteiger partial charge in [-0.25, -0.2) is 0 Å². The number of carbonyl (C=O) groups is 1. The van der Waals surface area contributed by atoms with Crippen molar-refractivity contribution in [1.29, 1.82) is 0 Å². The lowest BCUT2D eigenvalue weighted by Gasteiger charge is -2.66. The van der Waals surface area contributed by atoms with E-state index in [9.17, 15) is 4.79 Å². The van der Waals surface area contributed by atoms with E-state index >= 15 is 0 Å². The predicted octanol–water partition coefficient (Wildman–Crippen LogP) is 6.28. The summed E-state index contributed by atoms with van der Waals surface area (Å²) >= 11 is 0. The van der Waals surface area contributed by atoms with E-state index in [0.717, 1.165) is 25.7 Å². The summed E-state index contributed by atoms with van der Waals surface area (Å²) in [4.78, 5) is 12.4. The molecule has 5 rings (SSSR count). The largest absolute Gasteiger partial charge is 0.469 e. The van der Waals surface area contributed by atoms with Crippen LogP contribution in [0.25, 0.3) is 0 Å². The molecule has 10 atom stereocenters. The molecule has 0 spiro atoms. The van der Waals surface area contributed by atoms with Gasteiger partial charge in [0.1, 0.15) is 0 Å². The molecule has 32 heavy (non-hydrogen) atoms. The van der Waals surface area contributed by atoms with Gasteiger partial charge in [-0.05, 0) is 104 Å². The fourth-order valence-electron chi connectivity index (χ4n) is 10.0. The molecule has 0 heterocycles. The van der Waals surface area contributed by atoms with Gasteiger partial charge in [-0.2, -0.15) is 0 Å². The normalized spacial score (nSPS) is 52.6. The van der Waals surface area contributed by atoms with Crippen molar-refractivity contribution >= 4 is 5.97 Å². The maximum atomic E-state index is 12.4. The molecular formula is C29H45NO2. The third-order valence-electron chi connectivity index (χ3n) is 11.8. The van der Waals surface area contributed by atoms with Crippen molar-refractivity contribution in [2.24, 2.45) is 57.5 Å². The Bertz CT molecular complexity index is 846. The minimum atomic E-state index is -0.00551. The highest BCUT2D eigenvalue weighted by Gasteiger charge is 2.63. The Labute approximate surface area is 195 Å². The van der Waals surface area contributed by atoms with Crippen LogP contribution in [0.15, 0.2) is 23.8 Å². The Hall–Kier alpha value is -1.09. The summed E-state index contributed by atoms with van der Waals surface area (Å²) in [5.41, 5.74) is 10.5. The molecule has 4 saturated carbocycles. The zero-order valence-corrected chi connectivity index (χ0v) is 21.1. The maximum absolute atomic E-state index is 12.4. The van der Waals surface area contributed by atoms with E-state index in [1.54, 1.807) is 12.7 Å². The van der Waals surface area contributed by atoms with Gasteiger partial charge in [0, 0.05) is 6.04 Å². The fourth-order valence-corrected chi connectivity index (χ4v) is 10.0. The summed E-state index contributed by atoms with van der Waals surface area (Å²) in [6.45, 7) is 14.8. The van der Waals surface area contributed by atoms with E-state index < -0.39 is 0 Å². The molecule has 0 aliphatic heterocycles. The second kappa shape index (κ2) is 7.45. The van der Waals surface area contributed by atoms with E-state index in [2.05, 4.69) is 33.8 Å². The molecule has 5 aliphatic rings. The van der Waals surface area contributed by atoms with Crippen LogP contribution in [0.3, 0.4) is 0 Å². The average molecular weight is 440 g/mol. The molecule has 9 unspecified atom stereocenters. The first-order chi connectivity index (χ1) is 15.0. The molecule has 3 heteroatoms. The Kier molecular flexibility index (Phi) is 5.29. The minimum absolute atomic E-state index is 0.00551. The summed E-state index contributed by atoms with van der Waals surface area (Å²) < 4.78 is 5.17. The zero-order chi connectivity index (χ0) is 23.1. The first-order valence-corrected chi connectivity index (χ1v) is 13.3. The maximum Gasteiger partial charge on any atom is 0.308 e. The predicted molar refractivity (Wildman–Crippen MR) is 130 cm³/mol. The van der Waals surface area contributed by atoms with Crippen LogP contribution in [-0.2, 0) is 9.53 Å². The van der Waals surface area contributed by atoms with Crippen LogP contribution >= 0.6 is 0 Å². The molecule has 4 fully saturated rings. The second-order valence-corrected chi connectivity index (χ2v) is 13.2. The van der Waals surface area contributed by atoms with Crippen molar-refractivity contribution < 1.29 is 9.53 Å². The molecule has 5 aliphatic carbocycles. The monoisotopic (exact) mass is 439 g/mol. The molecule has 0 aromatic rings. The number of methoxy groups -OCH3 is 1. The van der Waals surface area contributed by atoms with Crippen molar-refractivity contribution in [2.45, 2.75) is 91.5 Å². The standard InChI is InChI=1S/C29H45NO2/c1-17-15-20-22(8-12-27(3)11-7-19(16-23(20)27)26(31)32-6)29(5)13-9-21-18(2)24(30)10-14-28(21,4)25(17)29/h15,18-19,21-25H,1,7-14,16,30H2,2-6H3/t18?,19?,21?,22?,23?,24?,25?,27-,28?,29?/m1/s1. The smallest absolute Gasteiger partial charge is 0.308 e. The SMILES string of the molecule is C=C1C=C2C(CC[C@@]3(C)CCC(C(=O)OC)CC23)C2(C)CCC3C(C)C(N)CCC3(C)C12. The Morgan fingerprint density at radius 1 is 1.03 bits per heavy atom. The van der Waals surface area contributed by atoms with Crippen LogP contribution in [0.5, 0.6) is 0 Å². The van der Waals surface area contributed by atoms with Gasteiger partial charge in [0.25, 0.3) is 0 Å². The molecule has 3 nitrogen and oxygen atoms in total. The summed E-state index contributed by atoms with van der Waals surface area (Å²) in [5.74, 6) is 3.06. The van der Waals surface area contributed by atoms with Crippen LogP contribution in [0, 0.1) is 51.8 Å². The minimum Gasteiger partial charge on any atom is -0.469 e. The number of rotatable bonds is 1. The lowest BCUT2D eigenvalue weighted by molar-refractivity contribution is -0.149. The van der Waals surface area contributed by atoms with Gasteiger partial charge in [0.2, 0.25) is 0 Å². The summed E-state index contributed by atoms with van der Waals surface area (Å²) in [6, 6.07) is 0.355. The molecule has 0 bridgehead atoms. The van der Waals surface area contributed by atoms with Gasteiger partial charge in [-0.15, -0.1) is 0 Å². The molecular weight excluding hydrogens is 394 g/mol. The molecule has 0 aromatic carbocycles. The molecule has 0 aromatic heterocycles. The third-order valence-corrected chi connectivity index (χ3v) is 11.8. The number of nitrogens with two attached hydrogens (primary N) is 1. The molecule has 0 radical (unpaired) electrons. The number of ether oxygens (including phenoxy) is 1. The number of esters is 1. The van der Waals surface area contributed by atoms with Crippen LogP contribution in [-0.4, -0.2) is 19.1 Å². The molecule has 0 saturated heterocycles. The van der Waals surface area contributed by atoms with Crippen molar-refractivity contribution in [3.8, 4) is 0 Å². The first kappa shape index (κ1) is 22.7. The van der Waals surface area contributed by atoms with Gasteiger partial charge >= 0.3 is 5.97 Å². The number of fused-ring (bicyclic) bond motifs is 7. The van der Waals surface area contributed by atoms with E-state index in [4.69, 9.17) is 17.0 Å². The van der Waals surface area contributed by atoms with Crippen molar-refractivity contribution in [3.63, 3.8) is 0 Å². The lowest BCUT2D eigenvalue weighted by Crippen LogP contribution is -2.60. The highest BCUT2D eigenvalue weighted by Crippen LogP contribution is 2.70. The van der Waals surface area contributed by atoms with Crippen molar-refractivity contribution in [1.82, 2.24) is 0 Å². The van der Waals surface area contributed by atoms with Crippen LogP contribution in [0.2, 0.25) is 0 Å². The number of hydrogen-bond acceptors (Lipinski definition) is 3. The molecule has 178 valence electrons. The second-order valence-electron chi connectivity index (χ2n) is 13.2. The Morgan fingerprint density at radius 3 is 2.44 bits per heavy atom. The molecule has 0 amide bonds. The highest BCUT2D eigenvalue weighted by molar-refractivity contribution is 5.72. The number of carbonyl (C=O) groups excluding carboxylic acids is 1. The summed E-state index contributed by atoms with van der Waals surface area (Å²) in [6.07, 6.45) is 13.2. The first-order valence-electron chi connectivity index (χ1n) is 13.3. The van der Waals surface area contributed by atoms with E-state index in [1.165, 1.54) is 37.7 Å². The molecule has 2 N–H and O–H groups in total. The number of hydrogen-bond donors (Lipinski definition) is 1. The van der Waals surface area contributed by atoms with Gasteiger partial charge in [0.05, 0.1) is 13.0 Å². The van der Waals surface area contributed by atoms with Crippen molar-refractivity contribution in [3.05, 3.63) is 23.8 Å². The number of allylic oxidation sites excluding steroid dienone is 3. The van der Waals surface area contributed by atoms with Crippen LogP contribution < -0.4 is 5.73 Å². The van der Waals surface area contributed by atoms with Crippen LogP contribution in [0.4, 0.5) is 0 Å². The van der Waals surface area contributed by atoms with Gasteiger partial charge < -0.3 is 10.5 Å². The highest BCUT2D eigenvalue weighted by atomic mass is 16.5. The summed E-state index contributed by atoms with van der Waals surface area (Å²) in [5, 5.41) is 0. The van der Waals surface area contributed by atoms with Crippen molar-refractivity contribution in [2.75, 3.05) is 7.11 Å². The quantitative estimate of drug-likeness (QED) is 0.489. The Balaban J connectivity index is 1.53. The van der Waals surface area contributed by atoms with E-state index in [-0.39, 0.29) is 17.3 Å². The summed E-state index contributed by atoms with van der Waals surface area (Å²) in [7, 11) is 1.55. The van der Waals surface area contributed by atoms with Gasteiger partial charge in [-0.3, -0.25) is 4.79 Å². The van der Waals surface area contributed by atoms with Crippen LogP contribution in [0.1, 0.15) is 85.5 Å². The van der Waals surface area contributed by atoms with E-state index in [0.29, 0.717) is 46.5 Å². The van der Waals surface area contributed by atoms with Gasteiger partial charge in [-0.1, -0.05) is 51.5 Å². The zero-order valence-electron chi connectivity index (χ0n) is 21.1. The fraction of sp³-hybridized carbons (Fsp3) is 0.828. The van der Waals surface area contributed by atoms with E-state index in [1.807, 2.05) is 0 Å². The third kappa shape index (κ3) is 2.98. The Morgan fingerprint density at radius 2 is 1.72 bits per heavy atom. The average Bonchev–Trinajstić information content (AvgIpc) is 2.75. The topological polar surface area (TPSA) is 52.3 Å².